The molecule has 0 spiro atoms. The summed E-state index contributed by atoms with van der Waals surface area (Å²) in [6.45, 7) is 8.17. The second kappa shape index (κ2) is 4.31. The predicted octanol–water partition coefficient (Wildman–Crippen LogP) is 3.57. The number of benzene rings is 1. The van der Waals surface area contributed by atoms with Gasteiger partial charge in [-0.2, -0.15) is 0 Å². The van der Waals surface area contributed by atoms with Gasteiger partial charge in [0.2, 0.25) is 0 Å². The van der Waals surface area contributed by atoms with E-state index < -0.39 is 0 Å². The van der Waals surface area contributed by atoms with Gasteiger partial charge in [0.25, 0.3) is 0 Å². The van der Waals surface area contributed by atoms with Crippen molar-refractivity contribution >= 4 is 0 Å². The molecule has 1 aromatic rings. The highest BCUT2D eigenvalue weighted by Gasteiger charge is 2.17. The highest BCUT2D eigenvalue weighted by Crippen LogP contribution is 2.28. The molecule has 0 amide bonds. The molecule has 1 atom stereocenters. The van der Waals surface area contributed by atoms with Crippen LogP contribution in [0.15, 0.2) is 18.2 Å². The van der Waals surface area contributed by atoms with Crippen molar-refractivity contribution in [2.75, 3.05) is 0 Å². The van der Waals surface area contributed by atoms with Crippen molar-refractivity contribution in [1.82, 2.24) is 0 Å². The average Bonchev–Trinajstić information content (AvgIpc) is 2.06. The van der Waals surface area contributed by atoms with Crippen molar-refractivity contribution in [3.8, 4) is 0 Å². The molecule has 1 rings (SSSR count). The van der Waals surface area contributed by atoms with Crippen LogP contribution in [0.2, 0.25) is 0 Å². The monoisotopic (exact) mass is 209 g/mol. The average molecular weight is 209 g/mol. The first-order valence-corrected chi connectivity index (χ1v) is 5.31. The molecule has 0 radical (unpaired) electrons. The molecule has 84 valence electrons. The lowest BCUT2D eigenvalue weighted by Gasteiger charge is -2.23. The fourth-order valence-electron chi connectivity index (χ4n) is 1.62. The minimum atomic E-state index is -0.170. The number of nitrogens with two attached hydrogens (primary N) is 1. The smallest absolute Gasteiger partial charge is 0.126 e. The van der Waals surface area contributed by atoms with Gasteiger partial charge in [0.15, 0.2) is 0 Å². The van der Waals surface area contributed by atoms with Gasteiger partial charge in [-0.05, 0) is 36.0 Å². The summed E-state index contributed by atoms with van der Waals surface area (Å²) in [4.78, 5) is 0. The molecule has 0 fully saturated rings. The fourth-order valence-corrected chi connectivity index (χ4v) is 1.62. The topological polar surface area (TPSA) is 26.0 Å². The van der Waals surface area contributed by atoms with Gasteiger partial charge in [-0.3, -0.25) is 0 Å². The molecule has 1 aromatic carbocycles. The molecule has 0 saturated heterocycles. The highest BCUT2D eigenvalue weighted by atomic mass is 19.1. The molecule has 15 heavy (non-hydrogen) atoms. The van der Waals surface area contributed by atoms with Crippen LogP contribution in [0.1, 0.15) is 44.4 Å². The zero-order valence-corrected chi connectivity index (χ0v) is 9.97. The fraction of sp³-hybridized carbons (Fsp3) is 0.538. The molecule has 1 nitrogen and oxygen atoms in total. The summed E-state index contributed by atoms with van der Waals surface area (Å²) in [5, 5.41) is 0. The zero-order valence-electron chi connectivity index (χ0n) is 9.97. The Labute approximate surface area is 91.5 Å². The number of aryl methyl sites for hydroxylation is 1. The van der Waals surface area contributed by atoms with Crippen molar-refractivity contribution in [2.45, 2.75) is 40.2 Å². The van der Waals surface area contributed by atoms with Crippen LogP contribution in [0.4, 0.5) is 4.39 Å². The van der Waals surface area contributed by atoms with Crippen molar-refractivity contribution in [3.63, 3.8) is 0 Å². The molecule has 2 N–H and O–H groups in total. The molecular weight excluding hydrogens is 189 g/mol. The first-order chi connectivity index (χ1) is 6.79. The summed E-state index contributed by atoms with van der Waals surface area (Å²) in [5.41, 5.74) is 7.75. The Morgan fingerprint density at radius 3 is 2.40 bits per heavy atom. The molecule has 2 heteroatoms. The van der Waals surface area contributed by atoms with Gasteiger partial charge in [0.05, 0.1) is 0 Å². The first-order valence-electron chi connectivity index (χ1n) is 5.31. The molecular formula is C13H20FN. The first kappa shape index (κ1) is 12.2. The summed E-state index contributed by atoms with van der Waals surface area (Å²) in [7, 11) is 0. The van der Waals surface area contributed by atoms with E-state index in [-0.39, 0.29) is 17.3 Å². The molecule has 0 aromatic heterocycles. The van der Waals surface area contributed by atoms with Crippen LogP contribution < -0.4 is 5.73 Å². The summed E-state index contributed by atoms with van der Waals surface area (Å²) < 4.78 is 13.3. The lowest BCUT2D eigenvalue weighted by molar-refractivity contribution is 0.342. The molecule has 0 bridgehead atoms. The van der Waals surface area contributed by atoms with Crippen LogP contribution >= 0.6 is 0 Å². The number of hydrogen-bond donors (Lipinski definition) is 1. The molecule has 0 aliphatic rings. The number of rotatable bonds is 2. The van der Waals surface area contributed by atoms with Crippen LogP contribution in [-0.2, 0) is 0 Å². The Morgan fingerprint density at radius 1 is 1.33 bits per heavy atom. The van der Waals surface area contributed by atoms with E-state index in [0.717, 1.165) is 12.0 Å². The Kier molecular flexibility index (Phi) is 3.50. The van der Waals surface area contributed by atoms with E-state index >= 15 is 0 Å². The van der Waals surface area contributed by atoms with Gasteiger partial charge in [-0.1, -0.05) is 32.9 Å². The van der Waals surface area contributed by atoms with E-state index in [1.165, 1.54) is 0 Å². The van der Waals surface area contributed by atoms with Crippen molar-refractivity contribution < 1.29 is 4.39 Å². The lowest BCUT2D eigenvalue weighted by atomic mass is 9.86. The number of halogens is 1. The third-order valence-corrected chi connectivity index (χ3v) is 2.46. The van der Waals surface area contributed by atoms with Gasteiger partial charge in [0.1, 0.15) is 5.82 Å². The second-order valence-corrected chi connectivity index (χ2v) is 5.38. The maximum absolute atomic E-state index is 13.3. The Bertz CT molecular complexity index is 339. The third-order valence-electron chi connectivity index (χ3n) is 2.46. The minimum Gasteiger partial charge on any atom is -0.324 e. The van der Waals surface area contributed by atoms with Crippen molar-refractivity contribution in [3.05, 3.63) is 35.1 Å². The van der Waals surface area contributed by atoms with E-state index in [4.69, 9.17) is 5.73 Å². The van der Waals surface area contributed by atoms with Crippen LogP contribution in [0.25, 0.3) is 0 Å². The van der Waals surface area contributed by atoms with E-state index in [1.807, 2.05) is 6.07 Å². The lowest BCUT2D eigenvalue weighted by Crippen LogP contribution is -2.18. The normalized spacial score (nSPS) is 14.0. The third kappa shape index (κ3) is 3.63. The second-order valence-electron chi connectivity index (χ2n) is 5.38. The van der Waals surface area contributed by atoms with Crippen LogP contribution in [-0.4, -0.2) is 0 Å². The van der Waals surface area contributed by atoms with Gasteiger partial charge in [0, 0.05) is 6.04 Å². The molecule has 0 aliphatic heterocycles. The maximum atomic E-state index is 13.3. The SMILES string of the molecule is Cc1ccc(C(N)CC(C)(C)C)cc1F. The summed E-state index contributed by atoms with van der Waals surface area (Å²) >= 11 is 0. The van der Waals surface area contributed by atoms with E-state index in [9.17, 15) is 4.39 Å². The van der Waals surface area contributed by atoms with E-state index in [2.05, 4.69) is 20.8 Å². The van der Waals surface area contributed by atoms with E-state index in [0.29, 0.717) is 5.56 Å². The molecule has 0 heterocycles. The van der Waals surface area contributed by atoms with Crippen LogP contribution in [0.3, 0.4) is 0 Å². The molecule has 0 saturated carbocycles. The summed E-state index contributed by atoms with van der Waals surface area (Å²) in [5.74, 6) is -0.170. The predicted molar refractivity (Wildman–Crippen MR) is 62.1 cm³/mol. The van der Waals surface area contributed by atoms with Crippen molar-refractivity contribution in [2.24, 2.45) is 11.1 Å². The Balaban J connectivity index is 2.83. The standard InChI is InChI=1S/C13H20FN/c1-9-5-6-10(7-11(9)14)12(15)8-13(2,3)4/h5-7,12H,8,15H2,1-4H3. The Hall–Kier alpha value is -0.890. The summed E-state index contributed by atoms with van der Waals surface area (Å²) in [6.07, 6.45) is 0.857. The van der Waals surface area contributed by atoms with Crippen LogP contribution in [0.5, 0.6) is 0 Å². The number of hydrogen-bond acceptors (Lipinski definition) is 1. The minimum absolute atomic E-state index is 0.0832. The van der Waals surface area contributed by atoms with Gasteiger partial charge >= 0.3 is 0 Å². The zero-order chi connectivity index (χ0) is 11.6. The quantitative estimate of drug-likeness (QED) is 0.791. The van der Waals surface area contributed by atoms with Crippen molar-refractivity contribution in [1.29, 1.82) is 0 Å². The molecule has 0 aliphatic carbocycles. The van der Waals surface area contributed by atoms with E-state index in [1.54, 1.807) is 19.1 Å². The maximum Gasteiger partial charge on any atom is 0.126 e. The Morgan fingerprint density at radius 2 is 1.93 bits per heavy atom. The largest absolute Gasteiger partial charge is 0.324 e. The molecule has 1 unspecified atom stereocenters. The highest BCUT2D eigenvalue weighted by molar-refractivity contribution is 5.25. The summed E-state index contributed by atoms with van der Waals surface area (Å²) in [6, 6.07) is 5.16. The van der Waals surface area contributed by atoms with Gasteiger partial charge in [-0.25, -0.2) is 4.39 Å². The van der Waals surface area contributed by atoms with Gasteiger partial charge in [-0.15, -0.1) is 0 Å². The van der Waals surface area contributed by atoms with Crippen LogP contribution in [0, 0.1) is 18.2 Å². The van der Waals surface area contributed by atoms with Gasteiger partial charge < -0.3 is 5.73 Å².